The van der Waals surface area contributed by atoms with Crippen LogP contribution in [0.2, 0.25) is 0 Å². The van der Waals surface area contributed by atoms with Crippen LogP contribution < -0.4 is 15.4 Å². The molecule has 1 saturated heterocycles. The second-order valence-electron chi connectivity index (χ2n) is 5.48. The van der Waals surface area contributed by atoms with Crippen LogP contribution >= 0.6 is 0 Å². The molecule has 5 nitrogen and oxygen atoms in total. The van der Waals surface area contributed by atoms with Crippen molar-refractivity contribution in [3.05, 3.63) is 29.8 Å². The third kappa shape index (κ3) is 5.73. The molecule has 1 heterocycles. The Bertz CT molecular complexity index is 459. The van der Waals surface area contributed by atoms with Gasteiger partial charge >= 0.3 is 0 Å². The van der Waals surface area contributed by atoms with E-state index in [1.165, 1.54) is 0 Å². The van der Waals surface area contributed by atoms with E-state index < -0.39 is 0 Å². The fourth-order valence-corrected chi connectivity index (χ4v) is 2.27. The average molecular weight is 292 g/mol. The Kier molecular flexibility index (Phi) is 6.02. The summed E-state index contributed by atoms with van der Waals surface area (Å²) in [5.41, 5.74) is 1.16. The van der Waals surface area contributed by atoms with E-state index in [-0.39, 0.29) is 18.1 Å². The monoisotopic (exact) mass is 292 g/mol. The summed E-state index contributed by atoms with van der Waals surface area (Å²) >= 11 is 0. The Balaban J connectivity index is 1.68. The molecule has 2 N–H and O–H groups in total. The molecule has 0 bridgehead atoms. The Morgan fingerprint density at radius 3 is 3.14 bits per heavy atom. The van der Waals surface area contributed by atoms with Crippen molar-refractivity contribution < 1.29 is 14.3 Å². The van der Waals surface area contributed by atoms with Gasteiger partial charge in [0.1, 0.15) is 11.9 Å². The molecule has 0 saturated carbocycles. The van der Waals surface area contributed by atoms with Crippen LogP contribution in [-0.2, 0) is 9.53 Å². The molecule has 1 aromatic carbocycles. The Morgan fingerprint density at radius 2 is 2.43 bits per heavy atom. The molecule has 1 aliphatic rings. The zero-order valence-corrected chi connectivity index (χ0v) is 12.7. The fraction of sp³-hybridized carbons (Fsp3) is 0.562. The van der Waals surface area contributed by atoms with Gasteiger partial charge in [-0.1, -0.05) is 12.1 Å². The smallest absolute Gasteiger partial charge is 0.221 e. The molecule has 0 radical (unpaired) electrons. The maximum absolute atomic E-state index is 11.9. The van der Waals surface area contributed by atoms with Gasteiger partial charge in [-0.05, 0) is 31.5 Å². The second-order valence-corrected chi connectivity index (χ2v) is 5.48. The topological polar surface area (TPSA) is 59.6 Å². The highest BCUT2D eigenvalue weighted by atomic mass is 16.5. The zero-order chi connectivity index (χ0) is 15.1. The van der Waals surface area contributed by atoms with Gasteiger partial charge in [0.05, 0.1) is 19.8 Å². The van der Waals surface area contributed by atoms with Crippen molar-refractivity contribution in [1.82, 2.24) is 10.6 Å². The maximum Gasteiger partial charge on any atom is 0.221 e. The first kappa shape index (κ1) is 15.8. The number of carbonyl (C=O) groups is 1. The van der Waals surface area contributed by atoms with Crippen LogP contribution in [0.15, 0.2) is 24.3 Å². The van der Waals surface area contributed by atoms with E-state index >= 15 is 0 Å². The van der Waals surface area contributed by atoms with Gasteiger partial charge in [0, 0.05) is 19.0 Å². The van der Waals surface area contributed by atoms with Gasteiger partial charge in [0.25, 0.3) is 0 Å². The highest BCUT2D eigenvalue weighted by Gasteiger charge is 2.17. The van der Waals surface area contributed by atoms with Gasteiger partial charge in [-0.3, -0.25) is 4.79 Å². The first-order valence-corrected chi connectivity index (χ1v) is 7.44. The lowest BCUT2D eigenvalue weighted by Crippen LogP contribution is -2.45. The lowest BCUT2D eigenvalue weighted by atomic mass is 10.2. The lowest BCUT2D eigenvalue weighted by molar-refractivity contribution is -0.122. The number of nitrogens with one attached hydrogen (secondary N) is 2. The number of amides is 1. The second kappa shape index (κ2) is 8.00. The number of benzene rings is 1. The standard InChI is InChI=1S/C16H24N2O3/c1-12-4-3-5-15(8-12)21-13(2)10-18-16(19)9-14-11-20-7-6-17-14/h3-5,8,13-14,17H,6-7,9-11H2,1-2H3,(H,18,19). The molecule has 1 fully saturated rings. The Labute approximate surface area is 126 Å². The molecular weight excluding hydrogens is 268 g/mol. The van der Waals surface area contributed by atoms with Gasteiger partial charge < -0.3 is 20.1 Å². The SMILES string of the molecule is Cc1cccc(OC(C)CNC(=O)CC2COCCN2)c1. The van der Waals surface area contributed by atoms with Crippen molar-refractivity contribution in [2.24, 2.45) is 0 Å². The molecule has 2 unspecified atom stereocenters. The summed E-state index contributed by atoms with van der Waals surface area (Å²) in [5.74, 6) is 0.858. The molecule has 0 aromatic heterocycles. The minimum absolute atomic E-state index is 0.0256. The van der Waals surface area contributed by atoms with E-state index in [1.54, 1.807) is 0 Å². The van der Waals surface area contributed by atoms with Crippen LogP contribution in [0, 0.1) is 6.92 Å². The molecule has 2 rings (SSSR count). The van der Waals surface area contributed by atoms with Gasteiger partial charge in [0.2, 0.25) is 5.91 Å². The first-order valence-electron chi connectivity index (χ1n) is 7.44. The summed E-state index contributed by atoms with van der Waals surface area (Å²) in [7, 11) is 0. The van der Waals surface area contributed by atoms with E-state index in [9.17, 15) is 4.79 Å². The van der Waals surface area contributed by atoms with Crippen molar-refractivity contribution >= 4 is 5.91 Å². The number of aryl methyl sites for hydroxylation is 1. The van der Waals surface area contributed by atoms with Crippen LogP contribution in [0.5, 0.6) is 5.75 Å². The van der Waals surface area contributed by atoms with Crippen LogP contribution in [0.4, 0.5) is 0 Å². The van der Waals surface area contributed by atoms with Gasteiger partial charge in [0.15, 0.2) is 0 Å². The van der Waals surface area contributed by atoms with Crippen molar-refractivity contribution in [2.75, 3.05) is 26.3 Å². The highest BCUT2D eigenvalue weighted by molar-refractivity contribution is 5.76. The minimum Gasteiger partial charge on any atom is -0.489 e. The number of ether oxygens (including phenoxy) is 2. The quantitative estimate of drug-likeness (QED) is 0.828. The summed E-state index contributed by atoms with van der Waals surface area (Å²) in [6.45, 7) is 6.61. The van der Waals surface area contributed by atoms with E-state index in [0.717, 1.165) is 24.5 Å². The summed E-state index contributed by atoms with van der Waals surface area (Å²) in [6, 6.07) is 8.02. The molecule has 1 amide bonds. The fourth-order valence-electron chi connectivity index (χ4n) is 2.27. The van der Waals surface area contributed by atoms with E-state index in [4.69, 9.17) is 9.47 Å². The summed E-state index contributed by atoms with van der Waals surface area (Å²) < 4.78 is 11.1. The number of carbonyl (C=O) groups excluding carboxylic acids is 1. The van der Waals surface area contributed by atoms with Crippen molar-refractivity contribution in [3.63, 3.8) is 0 Å². The van der Waals surface area contributed by atoms with E-state index in [2.05, 4.69) is 10.6 Å². The van der Waals surface area contributed by atoms with Crippen molar-refractivity contribution in [1.29, 1.82) is 0 Å². The average Bonchev–Trinajstić information content (AvgIpc) is 2.46. The summed E-state index contributed by atoms with van der Waals surface area (Å²) in [5, 5.41) is 6.17. The van der Waals surface area contributed by atoms with Crippen molar-refractivity contribution in [3.8, 4) is 5.75 Å². The molecule has 0 aliphatic carbocycles. The largest absolute Gasteiger partial charge is 0.489 e. The number of hydrogen-bond acceptors (Lipinski definition) is 4. The number of rotatable bonds is 6. The highest BCUT2D eigenvalue weighted by Crippen LogP contribution is 2.13. The molecule has 116 valence electrons. The van der Waals surface area contributed by atoms with Crippen LogP contribution in [0.1, 0.15) is 18.9 Å². The van der Waals surface area contributed by atoms with Gasteiger partial charge in [-0.2, -0.15) is 0 Å². The molecule has 2 atom stereocenters. The predicted octanol–water partition coefficient (Wildman–Crippen LogP) is 1.26. The van der Waals surface area contributed by atoms with Crippen LogP contribution in [0.3, 0.4) is 0 Å². The molecule has 21 heavy (non-hydrogen) atoms. The molecule has 1 aromatic rings. The summed E-state index contributed by atoms with van der Waals surface area (Å²) in [4.78, 5) is 11.9. The van der Waals surface area contributed by atoms with Gasteiger partial charge in [-0.15, -0.1) is 0 Å². The molecule has 1 aliphatic heterocycles. The zero-order valence-electron chi connectivity index (χ0n) is 12.7. The number of morpholine rings is 1. The Morgan fingerprint density at radius 1 is 1.57 bits per heavy atom. The van der Waals surface area contributed by atoms with E-state index in [1.807, 2.05) is 38.1 Å². The normalized spacial score (nSPS) is 19.8. The Hall–Kier alpha value is -1.59. The third-order valence-electron chi connectivity index (χ3n) is 3.34. The molecule has 5 heteroatoms. The van der Waals surface area contributed by atoms with Gasteiger partial charge in [-0.25, -0.2) is 0 Å². The third-order valence-corrected chi connectivity index (χ3v) is 3.34. The summed E-state index contributed by atoms with van der Waals surface area (Å²) in [6.07, 6.45) is 0.378. The number of hydrogen-bond donors (Lipinski definition) is 2. The minimum atomic E-state index is -0.0636. The predicted molar refractivity (Wildman–Crippen MR) is 81.5 cm³/mol. The first-order chi connectivity index (χ1) is 10.1. The van der Waals surface area contributed by atoms with E-state index in [0.29, 0.717) is 19.6 Å². The van der Waals surface area contributed by atoms with Crippen molar-refractivity contribution in [2.45, 2.75) is 32.4 Å². The molecular formula is C16H24N2O3. The lowest BCUT2D eigenvalue weighted by Gasteiger charge is -2.23. The van der Waals surface area contributed by atoms with Crippen LogP contribution in [-0.4, -0.2) is 44.4 Å². The van der Waals surface area contributed by atoms with Crippen LogP contribution in [0.25, 0.3) is 0 Å². The molecule has 0 spiro atoms. The maximum atomic E-state index is 11.9.